The summed E-state index contributed by atoms with van der Waals surface area (Å²) in [6.45, 7) is 4.50. The van der Waals surface area contributed by atoms with E-state index in [1.165, 1.54) is 10.1 Å². The number of nitrogens with zero attached hydrogens (tertiary/aromatic N) is 5. The summed E-state index contributed by atoms with van der Waals surface area (Å²) in [7, 11) is 1.62. The third kappa shape index (κ3) is 4.80. The van der Waals surface area contributed by atoms with Gasteiger partial charge >= 0.3 is 5.69 Å². The van der Waals surface area contributed by atoms with Crippen molar-refractivity contribution < 1.29 is 0 Å². The average molecular weight is 491 g/mol. The van der Waals surface area contributed by atoms with Crippen LogP contribution < -0.4 is 16.1 Å². The number of hydrogen-bond donors (Lipinski definition) is 1. The van der Waals surface area contributed by atoms with Gasteiger partial charge in [-0.1, -0.05) is 72.3 Å². The Morgan fingerprint density at radius 1 is 1.00 bits per heavy atom. The van der Waals surface area contributed by atoms with Crippen molar-refractivity contribution in [3.63, 3.8) is 0 Å². The minimum Gasteiger partial charge on any atom is -0.340 e. The summed E-state index contributed by atoms with van der Waals surface area (Å²) in [6.07, 6.45) is 4.33. The van der Waals surface area contributed by atoms with Crippen LogP contribution in [-0.4, -0.2) is 56.7 Å². The standard InChI is InChI=1S/C26H27ClN6O2/c1-30-23-22(24(34)29-26(30)35)33(18-20-11-5-6-12-21(20)27)25(28-23)32-16-14-31(15-17-32)13-7-10-19-8-3-2-4-9-19/h2-12H,13-18H2,1H3,(H,29,34,35)/b10-7-. The maximum absolute atomic E-state index is 12.8. The molecule has 0 spiro atoms. The molecule has 1 aliphatic heterocycles. The van der Waals surface area contributed by atoms with Crippen LogP contribution in [0.3, 0.4) is 0 Å². The summed E-state index contributed by atoms with van der Waals surface area (Å²) in [5, 5.41) is 0.622. The molecule has 9 heteroatoms. The Kier molecular flexibility index (Phi) is 6.57. The molecule has 0 atom stereocenters. The summed E-state index contributed by atoms with van der Waals surface area (Å²) in [6, 6.07) is 17.8. The number of aryl methyl sites for hydroxylation is 1. The number of aromatic amines is 1. The third-order valence-corrected chi connectivity index (χ3v) is 6.77. The van der Waals surface area contributed by atoms with Gasteiger partial charge in [0, 0.05) is 44.8 Å². The first-order chi connectivity index (χ1) is 17.0. The first kappa shape index (κ1) is 23.1. The highest BCUT2D eigenvalue weighted by molar-refractivity contribution is 6.31. The van der Waals surface area contributed by atoms with E-state index < -0.39 is 11.2 Å². The zero-order chi connectivity index (χ0) is 24.4. The number of nitrogens with one attached hydrogen (secondary N) is 1. The molecule has 0 amide bonds. The number of H-pyrrole nitrogens is 1. The second-order valence-corrected chi connectivity index (χ2v) is 9.09. The summed E-state index contributed by atoms with van der Waals surface area (Å²) in [5.74, 6) is 0.672. The first-order valence-electron chi connectivity index (χ1n) is 11.6. The van der Waals surface area contributed by atoms with E-state index in [0.717, 1.165) is 38.3 Å². The van der Waals surface area contributed by atoms with Crippen LogP contribution in [-0.2, 0) is 13.6 Å². The van der Waals surface area contributed by atoms with Crippen molar-refractivity contribution in [2.24, 2.45) is 7.05 Å². The topological polar surface area (TPSA) is 79.2 Å². The predicted molar refractivity (Wildman–Crippen MR) is 140 cm³/mol. The van der Waals surface area contributed by atoms with Gasteiger partial charge in [0.15, 0.2) is 11.2 Å². The van der Waals surface area contributed by atoms with Gasteiger partial charge in [0.25, 0.3) is 5.56 Å². The molecule has 1 fully saturated rings. The first-order valence-corrected chi connectivity index (χ1v) is 12.0. The van der Waals surface area contributed by atoms with Crippen molar-refractivity contribution in [3.8, 4) is 0 Å². The Morgan fingerprint density at radius 3 is 2.46 bits per heavy atom. The molecule has 0 radical (unpaired) electrons. The van der Waals surface area contributed by atoms with Gasteiger partial charge in [-0.15, -0.1) is 0 Å². The molecule has 8 nitrogen and oxygen atoms in total. The largest absolute Gasteiger partial charge is 0.340 e. The number of piperazine rings is 1. The molecule has 180 valence electrons. The van der Waals surface area contributed by atoms with Crippen molar-refractivity contribution in [1.82, 2.24) is 24.0 Å². The Hall–Kier alpha value is -3.62. The second-order valence-electron chi connectivity index (χ2n) is 8.68. The van der Waals surface area contributed by atoms with E-state index in [9.17, 15) is 9.59 Å². The fourth-order valence-corrected chi connectivity index (χ4v) is 4.64. The van der Waals surface area contributed by atoms with Gasteiger partial charge in [-0.3, -0.25) is 23.8 Å². The molecule has 1 N–H and O–H groups in total. The van der Waals surface area contributed by atoms with E-state index >= 15 is 0 Å². The molecule has 1 saturated heterocycles. The number of imidazole rings is 1. The molecule has 4 aromatic rings. The molecule has 1 aliphatic rings. The van der Waals surface area contributed by atoms with Gasteiger partial charge in [0.2, 0.25) is 5.95 Å². The van der Waals surface area contributed by atoms with Crippen molar-refractivity contribution in [3.05, 3.63) is 97.7 Å². The van der Waals surface area contributed by atoms with E-state index in [-0.39, 0.29) is 0 Å². The monoisotopic (exact) mass is 490 g/mol. The lowest BCUT2D eigenvalue weighted by molar-refractivity contribution is 0.282. The highest BCUT2D eigenvalue weighted by atomic mass is 35.5. The van der Waals surface area contributed by atoms with Crippen LogP contribution in [0.15, 0.2) is 70.3 Å². The van der Waals surface area contributed by atoms with E-state index in [2.05, 4.69) is 39.1 Å². The summed E-state index contributed by atoms with van der Waals surface area (Å²) in [4.78, 5) is 36.8. The fourth-order valence-electron chi connectivity index (χ4n) is 4.44. The molecule has 0 unspecified atom stereocenters. The molecule has 5 rings (SSSR count). The van der Waals surface area contributed by atoms with Crippen molar-refractivity contribution in [2.75, 3.05) is 37.6 Å². The minimum absolute atomic E-state index is 0.369. The lowest BCUT2D eigenvalue weighted by Gasteiger charge is -2.35. The number of fused-ring (bicyclic) bond motifs is 1. The average Bonchev–Trinajstić information content (AvgIpc) is 3.25. The van der Waals surface area contributed by atoms with E-state index in [4.69, 9.17) is 16.6 Å². The lowest BCUT2D eigenvalue weighted by atomic mass is 10.2. The van der Waals surface area contributed by atoms with E-state index in [1.807, 2.05) is 47.0 Å². The van der Waals surface area contributed by atoms with Gasteiger partial charge in [0.1, 0.15) is 0 Å². The van der Waals surface area contributed by atoms with Gasteiger partial charge in [-0.25, -0.2) is 4.79 Å². The molecule has 0 aliphatic carbocycles. The summed E-state index contributed by atoms with van der Waals surface area (Å²) in [5.41, 5.74) is 1.89. The Morgan fingerprint density at radius 2 is 1.71 bits per heavy atom. The predicted octanol–water partition coefficient (Wildman–Crippen LogP) is 2.96. The number of benzene rings is 2. The zero-order valence-corrected chi connectivity index (χ0v) is 20.3. The molecular weight excluding hydrogens is 464 g/mol. The summed E-state index contributed by atoms with van der Waals surface area (Å²) < 4.78 is 3.26. The maximum Gasteiger partial charge on any atom is 0.329 e. The maximum atomic E-state index is 12.8. The van der Waals surface area contributed by atoms with Gasteiger partial charge < -0.3 is 4.90 Å². The van der Waals surface area contributed by atoms with E-state index in [1.54, 1.807) is 7.05 Å². The van der Waals surface area contributed by atoms with Crippen LogP contribution in [0, 0.1) is 0 Å². The quantitative estimate of drug-likeness (QED) is 0.449. The SMILES string of the molecule is Cn1c(=O)[nH]c(=O)c2c1nc(N1CCN(C/C=C\c3ccccc3)CC1)n2Cc1ccccc1Cl. The molecule has 0 bridgehead atoms. The number of hydrogen-bond acceptors (Lipinski definition) is 5. The van der Waals surface area contributed by atoms with Gasteiger partial charge in [-0.05, 0) is 17.2 Å². The molecule has 2 aromatic carbocycles. The molecule has 35 heavy (non-hydrogen) atoms. The van der Waals surface area contributed by atoms with Crippen LogP contribution in [0.1, 0.15) is 11.1 Å². The minimum atomic E-state index is -0.480. The fraction of sp³-hybridized carbons (Fsp3) is 0.269. The Bertz CT molecular complexity index is 1480. The summed E-state index contributed by atoms with van der Waals surface area (Å²) >= 11 is 6.44. The number of anilines is 1. The molecule has 2 aromatic heterocycles. The zero-order valence-electron chi connectivity index (χ0n) is 19.5. The van der Waals surface area contributed by atoms with Crippen LogP contribution in [0.4, 0.5) is 5.95 Å². The molecule has 3 heterocycles. The third-order valence-electron chi connectivity index (χ3n) is 6.40. The van der Waals surface area contributed by atoms with Crippen molar-refractivity contribution in [1.29, 1.82) is 0 Å². The van der Waals surface area contributed by atoms with Crippen molar-refractivity contribution >= 4 is 34.8 Å². The van der Waals surface area contributed by atoms with Crippen LogP contribution >= 0.6 is 11.6 Å². The second kappa shape index (κ2) is 9.93. The van der Waals surface area contributed by atoms with Crippen LogP contribution in [0.5, 0.6) is 0 Å². The smallest absolute Gasteiger partial charge is 0.329 e. The van der Waals surface area contributed by atoms with E-state index in [0.29, 0.717) is 28.7 Å². The highest BCUT2D eigenvalue weighted by Gasteiger charge is 2.25. The van der Waals surface area contributed by atoms with Gasteiger partial charge in [-0.2, -0.15) is 4.98 Å². The Balaban J connectivity index is 1.41. The van der Waals surface area contributed by atoms with Crippen LogP contribution in [0.2, 0.25) is 5.02 Å². The Labute approximate surface area is 207 Å². The normalized spacial score (nSPS) is 14.9. The number of rotatable bonds is 6. The van der Waals surface area contributed by atoms with Gasteiger partial charge in [0.05, 0.1) is 6.54 Å². The molecule has 0 saturated carbocycles. The lowest BCUT2D eigenvalue weighted by Crippen LogP contribution is -2.47. The highest BCUT2D eigenvalue weighted by Crippen LogP contribution is 2.25. The number of aromatic nitrogens is 4. The number of halogens is 1. The van der Waals surface area contributed by atoms with Crippen LogP contribution in [0.25, 0.3) is 17.2 Å². The van der Waals surface area contributed by atoms with Crippen molar-refractivity contribution in [2.45, 2.75) is 6.54 Å². The molecular formula is C26H27ClN6O2.